The fraction of sp³-hybridized carbons (Fsp3) is 0.619. The average molecular weight is 358 g/mol. The Balaban J connectivity index is 1.64. The van der Waals surface area contributed by atoms with Crippen LogP contribution >= 0.6 is 0 Å². The van der Waals surface area contributed by atoms with Crippen LogP contribution in [0, 0.1) is 5.41 Å². The molecule has 1 atom stereocenters. The molecule has 2 amide bonds. The third kappa shape index (κ3) is 3.63. The van der Waals surface area contributed by atoms with Crippen LogP contribution in [0.5, 0.6) is 0 Å². The lowest BCUT2D eigenvalue weighted by Gasteiger charge is -2.55. The van der Waals surface area contributed by atoms with Crippen molar-refractivity contribution in [2.45, 2.75) is 58.1 Å². The van der Waals surface area contributed by atoms with E-state index in [2.05, 4.69) is 0 Å². The highest BCUT2D eigenvalue weighted by Gasteiger charge is 2.50. The average Bonchev–Trinajstić information content (AvgIpc) is 2.60. The highest BCUT2D eigenvalue weighted by Crippen LogP contribution is 2.45. The number of hydrogen-bond donors (Lipinski definition) is 1. The van der Waals surface area contributed by atoms with Crippen molar-refractivity contribution in [3.63, 3.8) is 0 Å². The van der Waals surface area contributed by atoms with Gasteiger partial charge in [0.05, 0.1) is 18.1 Å². The van der Waals surface area contributed by atoms with Crippen LogP contribution in [0.25, 0.3) is 0 Å². The van der Waals surface area contributed by atoms with Gasteiger partial charge in [0.2, 0.25) is 11.8 Å². The number of piperidine rings is 2. The molecule has 1 aromatic rings. The Kier molecular flexibility index (Phi) is 5.11. The van der Waals surface area contributed by atoms with Crippen LogP contribution in [-0.4, -0.2) is 58.0 Å². The van der Waals surface area contributed by atoms with Gasteiger partial charge in [-0.1, -0.05) is 30.3 Å². The summed E-state index contributed by atoms with van der Waals surface area (Å²) in [6.07, 6.45) is 2.27. The summed E-state index contributed by atoms with van der Waals surface area (Å²) in [5.41, 5.74) is 0.428. The second kappa shape index (κ2) is 7.03. The SMILES string of the molecule is CC(=O)N1CC2(CCN(C(=O)Cc3ccccc3)CC2)C[C@@H](O)C1(C)C. The predicted molar refractivity (Wildman–Crippen MR) is 100 cm³/mol. The minimum Gasteiger partial charge on any atom is -0.391 e. The number of benzene rings is 1. The van der Waals surface area contributed by atoms with Gasteiger partial charge in [0, 0.05) is 26.6 Å². The Hall–Kier alpha value is -1.88. The third-order valence-corrected chi connectivity index (χ3v) is 6.39. The molecule has 0 bridgehead atoms. The molecule has 5 heteroatoms. The Morgan fingerprint density at radius 2 is 1.77 bits per heavy atom. The smallest absolute Gasteiger partial charge is 0.226 e. The van der Waals surface area contributed by atoms with E-state index >= 15 is 0 Å². The topological polar surface area (TPSA) is 60.9 Å². The Morgan fingerprint density at radius 1 is 1.15 bits per heavy atom. The van der Waals surface area contributed by atoms with E-state index in [4.69, 9.17) is 0 Å². The summed E-state index contributed by atoms with van der Waals surface area (Å²) in [6.45, 7) is 7.52. The number of aliphatic hydroxyl groups is 1. The number of nitrogens with zero attached hydrogens (tertiary/aromatic N) is 2. The molecule has 1 aromatic carbocycles. The van der Waals surface area contributed by atoms with Gasteiger partial charge < -0.3 is 14.9 Å². The molecule has 2 fully saturated rings. The van der Waals surface area contributed by atoms with E-state index in [-0.39, 0.29) is 17.2 Å². The molecule has 5 nitrogen and oxygen atoms in total. The van der Waals surface area contributed by atoms with Gasteiger partial charge in [-0.05, 0) is 44.1 Å². The molecule has 2 aliphatic heterocycles. The quantitative estimate of drug-likeness (QED) is 0.882. The van der Waals surface area contributed by atoms with Crippen LogP contribution in [0.4, 0.5) is 0 Å². The summed E-state index contributed by atoms with van der Waals surface area (Å²) in [6, 6.07) is 9.82. The van der Waals surface area contributed by atoms with Crippen molar-refractivity contribution < 1.29 is 14.7 Å². The maximum Gasteiger partial charge on any atom is 0.226 e. The van der Waals surface area contributed by atoms with Crippen molar-refractivity contribution in [1.29, 1.82) is 0 Å². The summed E-state index contributed by atoms with van der Waals surface area (Å²) in [7, 11) is 0. The molecular formula is C21H30N2O3. The monoisotopic (exact) mass is 358 g/mol. The zero-order chi connectivity index (χ0) is 18.9. The highest BCUT2D eigenvalue weighted by atomic mass is 16.3. The number of carbonyl (C=O) groups excluding carboxylic acids is 2. The number of rotatable bonds is 2. The molecule has 0 saturated carbocycles. The van der Waals surface area contributed by atoms with Crippen LogP contribution in [0.3, 0.4) is 0 Å². The van der Waals surface area contributed by atoms with Crippen molar-refractivity contribution in [1.82, 2.24) is 9.80 Å². The van der Waals surface area contributed by atoms with Crippen molar-refractivity contribution >= 4 is 11.8 Å². The maximum absolute atomic E-state index is 12.6. The van der Waals surface area contributed by atoms with E-state index < -0.39 is 11.6 Å². The van der Waals surface area contributed by atoms with E-state index in [1.807, 2.05) is 54.0 Å². The highest BCUT2D eigenvalue weighted by molar-refractivity contribution is 5.79. The molecule has 1 spiro atoms. The first kappa shape index (κ1) is 18.9. The van der Waals surface area contributed by atoms with Gasteiger partial charge >= 0.3 is 0 Å². The van der Waals surface area contributed by atoms with Crippen LogP contribution in [0.1, 0.15) is 45.6 Å². The van der Waals surface area contributed by atoms with Crippen LogP contribution in [0.2, 0.25) is 0 Å². The molecule has 0 aliphatic carbocycles. The van der Waals surface area contributed by atoms with Crippen molar-refractivity contribution in [2.75, 3.05) is 19.6 Å². The van der Waals surface area contributed by atoms with Crippen LogP contribution in [0.15, 0.2) is 30.3 Å². The van der Waals surface area contributed by atoms with E-state index in [0.29, 0.717) is 32.5 Å². The van der Waals surface area contributed by atoms with Crippen molar-refractivity contribution in [3.05, 3.63) is 35.9 Å². The van der Waals surface area contributed by atoms with Gasteiger partial charge in [0.25, 0.3) is 0 Å². The second-order valence-corrected chi connectivity index (χ2v) is 8.52. The molecule has 2 saturated heterocycles. The lowest BCUT2D eigenvalue weighted by molar-refractivity contribution is -0.159. The molecule has 2 aliphatic rings. The zero-order valence-electron chi connectivity index (χ0n) is 16.1. The summed E-state index contributed by atoms with van der Waals surface area (Å²) < 4.78 is 0. The maximum atomic E-state index is 12.6. The first-order valence-electron chi connectivity index (χ1n) is 9.51. The Bertz CT molecular complexity index is 663. The first-order valence-corrected chi connectivity index (χ1v) is 9.51. The molecule has 0 unspecified atom stereocenters. The molecule has 1 N–H and O–H groups in total. The fourth-order valence-electron chi connectivity index (χ4n) is 4.44. The van der Waals surface area contributed by atoms with Crippen LogP contribution < -0.4 is 0 Å². The van der Waals surface area contributed by atoms with E-state index in [1.54, 1.807) is 6.92 Å². The molecule has 26 heavy (non-hydrogen) atoms. The van der Waals surface area contributed by atoms with Gasteiger partial charge in [-0.3, -0.25) is 9.59 Å². The van der Waals surface area contributed by atoms with Crippen molar-refractivity contribution in [2.24, 2.45) is 5.41 Å². The minimum atomic E-state index is -0.535. The van der Waals surface area contributed by atoms with E-state index in [0.717, 1.165) is 18.4 Å². The van der Waals surface area contributed by atoms with Gasteiger partial charge in [0.1, 0.15) is 0 Å². The van der Waals surface area contributed by atoms with Crippen LogP contribution in [-0.2, 0) is 16.0 Å². The molecule has 3 rings (SSSR count). The standard InChI is InChI=1S/C21H30N2O3/c1-16(24)23-15-21(14-18(25)20(23,2)3)9-11-22(12-10-21)19(26)13-17-7-5-4-6-8-17/h4-8,18,25H,9-15H2,1-3H3/t18-/m1/s1. The van der Waals surface area contributed by atoms with Crippen molar-refractivity contribution in [3.8, 4) is 0 Å². The third-order valence-electron chi connectivity index (χ3n) is 6.39. The number of carbonyl (C=O) groups is 2. The predicted octanol–water partition coefficient (Wildman–Crippen LogP) is 2.23. The summed E-state index contributed by atoms with van der Waals surface area (Å²) >= 11 is 0. The van der Waals surface area contributed by atoms with E-state index in [9.17, 15) is 14.7 Å². The van der Waals surface area contributed by atoms with Gasteiger partial charge in [0.15, 0.2) is 0 Å². The zero-order valence-corrected chi connectivity index (χ0v) is 16.1. The molecule has 0 aromatic heterocycles. The molecule has 142 valence electrons. The summed E-state index contributed by atoms with van der Waals surface area (Å²) in [4.78, 5) is 28.5. The molecular weight excluding hydrogens is 328 g/mol. The number of likely N-dealkylation sites (tertiary alicyclic amines) is 2. The Morgan fingerprint density at radius 3 is 2.35 bits per heavy atom. The van der Waals surface area contributed by atoms with Gasteiger partial charge in [-0.25, -0.2) is 0 Å². The van der Waals surface area contributed by atoms with E-state index in [1.165, 1.54) is 0 Å². The second-order valence-electron chi connectivity index (χ2n) is 8.52. The number of amides is 2. The van der Waals surface area contributed by atoms with Gasteiger partial charge in [-0.15, -0.1) is 0 Å². The first-order chi connectivity index (χ1) is 12.2. The molecule has 0 radical (unpaired) electrons. The molecule has 2 heterocycles. The Labute approximate surface area is 156 Å². The van der Waals surface area contributed by atoms with Gasteiger partial charge in [-0.2, -0.15) is 0 Å². The lowest BCUT2D eigenvalue weighted by atomic mass is 9.67. The summed E-state index contributed by atoms with van der Waals surface area (Å²) in [5.74, 6) is 0.168. The minimum absolute atomic E-state index is 0.00992. The fourth-order valence-corrected chi connectivity index (χ4v) is 4.44. The summed E-state index contributed by atoms with van der Waals surface area (Å²) in [5, 5.41) is 10.7. The number of aliphatic hydroxyl groups excluding tert-OH is 1. The largest absolute Gasteiger partial charge is 0.391 e. The normalized spacial score (nSPS) is 24.5. The number of hydrogen-bond acceptors (Lipinski definition) is 3. The lowest BCUT2D eigenvalue weighted by Crippen LogP contribution is -2.64.